The van der Waals surface area contributed by atoms with Crippen LogP contribution in [0.25, 0.3) is 5.82 Å². The van der Waals surface area contributed by atoms with Crippen molar-refractivity contribution in [1.29, 1.82) is 0 Å². The van der Waals surface area contributed by atoms with E-state index in [9.17, 15) is 4.79 Å². The molecule has 3 N–H and O–H groups in total. The van der Waals surface area contributed by atoms with Crippen molar-refractivity contribution < 1.29 is 4.79 Å². The van der Waals surface area contributed by atoms with Gasteiger partial charge >= 0.3 is 6.03 Å². The van der Waals surface area contributed by atoms with E-state index >= 15 is 0 Å². The van der Waals surface area contributed by atoms with E-state index in [2.05, 4.69) is 25.3 Å². The number of nitrogen functional groups attached to an aromatic ring is 1. The van der Waals surface area contributed by atoms with E-state index in [0.717, 1.165) is 0 Å². The molecule has 2 amide bonds. The lowest BCUT2D eigenvalue weighted by Crippen LogP contribution is -2.52. The van der Waals surface area contributed by atoms with Crippen molar-refractivity contribution in [2.45, 2.75) is 6.92 Å². The van der Waals surface area contributed by atoms with Gasteiger partial charge < -0.3 is 20.9 Å². The van der Waals surface area contributed by atoms with Crippen molar-refractivity contribution in [3.63, 3.8) is 0 Å². The molecule has 0 unspecified atom stereocenters. The Bertz CT molecular complexity index is 663. The Labute approximate surface area is 134 Å². The van der Waals surface area contributed by atoms with Crippen LogP contribution < -0.4 is 16.0 Å². The van der Waals surface area contributed by atoms with Gasteiger partial charge in [0.2, 0.25) is 0 Å². The highest BCUT2D eigenvalue weighted by Crippen LogP contribution is 2.25. The molecule has 2 aromatic rings. The molecular formula is C14H20N8O. The molecule has 0 radical (unpaired) electrons. The summed E-state index contributed by atoms with van der Waals surface area (Å²) >= 11 is 0. The van der Waals surface area contributed by atoms with E-state index in [-0.39, 0.29) is 6.03 Å². The van der Waals surface area contributed by atoms with Gasteiger partial charge in [0.15, 0.2) is 11.6 Å². The second kappa shape index (κ2) is 6.51. The SMILES string of the molecule is CCNC(=O)N1CCN(c2ncnc(-n3cccn3)c2N)CC1. The maximum Gasteiger partial charge on any atom is 0.317 e. The Balaban J connectivity index is 1.74. The fourth-order valence-corrected chi connectivity index (χ4v) is 2.59. The molecule has 9 nitrogen and oxygen atoms in total. The molecular weight excluding hydrogens is 296 g/mol. The number of rotatable bonds is 3. The number of piperazine rings is 1. The van der Waals surface area contributed by atoms with Crippen LogP contribution in [0.1, 0.15) is 6.92 Å². The summed E-state index contributed by atoms with van der Waals surface area (Å²) in [6.45, 7) is 5.16. The quantitative estimate of drug-likeness (QED) is 0.832. The number of nitrogens with zero attached hydrogens (tertiary/aromatic N) is 6. The van der Waals surface area contributed by atoms with Crippen LogP contribution in [0.5, 0.6) is 0 Å². The van der Waals surface area contributed by atoms with Gasteiger partial charge in [-0.25, -0.2) is 19.4 Å². The van der Waals surface area contributed by atoms with Gasteiger partial charge in [-0.2, -0.15) is 5.10 Å². The summed E-state index contributed by atoms with van der Waals surface area (Å²) in [4.78, 5) is 24.2. The van der Waals surface area contributed by atoms with Crippen molar-refractivity contribution >= 4 is 17.5 Å². The summed E-state index contributed by atoms with van der Waals surface area (Å²) in [7, 11) is 0. The lowest BCUT2D eigenvalue weighted by molar-refractivity contribution is 0.195. The molecule has 2 aromatic heterocycles. The molecule has 9 heteroatoms. The molecule has 0 aromatic carbocycles. The minimum atomic E-state index is -0.0277. The van der Waals surface area contributed by atoms with Crippen LogP contribution in [-0.4, -0.2) is 63.4 Å². The van der Waals surface area contributed by atoms with E-state index in [1.807, 2.05) is 13.0 Å². The Morgan fingerprint density at radius 3 is 2.65 bits per heavy atom. The summed E-state index contributed by atoms with van der Waals surface area (Å²) in [6.07, 6.45) is 4.95. The molecule has 0 bridgehead atoms. The summed E-state index contributed by atoms with van der Waals surface area (Å²) < 4.78 is 1.62. The molecule has 0 spiro atoms. The van der Waals surface area contributed by atoms with E-state index in [1.165, 1.54) is 6.33 Å². The Kier molecular flexibility index (Phi) is 4.26. The van der Waals surface area contributed by atoms with Gasteiger partial charge in [0, 0.05) is 45.1 Å². The first-order valence-electron chi connectivity index (χ1n) is 7.59. The fourth-order valence-electron chi connectivity index (χ4n) is 2.59. The number of hydrogen-bond acceptors (Lipinski definition) is 6. The third kappa shape index (κ3) is 3.03. The highest BCUT2D eigenvalue weighted by Gasteiger charge is 2.24. The highest BCUT2D eigenvalue weighted by molar-refractivity contribution is 5.75. The van der Waals surface area contributed by atoms with Gasteiger partial charge in [-0.3, -0.25) is 0 Å². The maximum absolute atomic E-state index is 11.9. The molecule has 122 valence electrons. The second-order valence-electron chi connectivity index (χ2n) is 5.19. The van der Waals surface area contributed by atoms with Crippen molar-refractivity contribution in [3.8, 4) is 5.82 Å². The third-order valence-electron chi connectivity index (χ3n) is 3.76. The first-order chi connectivity index (χ1) is 11.2. The van der Waals surface area contributed by atoms with Gasteiger partial charge in [-0.15, -0.1) is 0 Å². The molecule has 0 aliphatic carbocycles. The number of carbonyl (C=O) groups excluding carboxylic acids is 1. The van der Waals surface area contributed by atoms with Crippen LogP contribution in [-0.2, 0) is 0 Å². The summed E-state index contributed by atoms with van der Waals surface area (Å²) in [5.41, 5.74) is 6.72. The van der Waals surface area contributed by atoms with Gasteiger partial charge in [0.05, 0.1) is 0 Å². The van der Waals surface area contributed by atoms with Crippen LogP contribution in [0.3, 0.4) is 0 Å². The standard InChI is InChI=1S/C14H20N8O/c1-2-16-14(23)21-8-6-20(7-9-21)12-11(15)13(18-10-17-12)22-5-3-4-19-22/h3-5,10H,2,6-9,15H2,1H3,(H,16,23). The number of amides is 2. The molecule has 3 heterocycles. The van der Waals surface area contributed by atoms with Gasteiger partial charge in [-0.1, -0.05) is 0 Å². The molecule has 1 saturated heterocycles. The first-order valence-corrected chi connectivity index (χ1v) is 7.59. The number of hydrogen-bond donors (Lipinski definition) is 2. The predicted octanol–water partition coefficient (Wildman–Crippen LogP) is 0.0960. The van der Waals surface area contributed by atoms with Crippen molar-refractivity contribution in [2.24, 2.45) is 0 Å². The first kappa shape index (κ1) is 15.1. The lowest BCUT2D eigenvalue weighted by Gasteiger charge is -2.35. The average Bonchev–Trinajstić information content (AvgIpc) is 3.10. The molecule has 23 heavy (non-hydrogen) atoms. The van der Waals surface area contributed by atoms with E-state index < -0.39 is 0 Å². The van der Waals surface area contributed by atoms with Crippen LogP contribution >= 0.6 is 0 Å². The minimum absolute atomic E-state index is 0.0277. The van der Waals surface area contributed by atoms with Gasteiger partial charge in [0.1, 0.15) is 12.0 Å². The fraction of sp³-hybridized carbons (Fsp3) is 0.429. The maximum atomic E-state index is 11.9. The van der Waals surface area contributed by atoms with E-state index in [4.69, 9.17) is 5.73 Å². The number of carbonyl (C=O) groups is 1. The molecule has 1 aliphatic heterocycles. The Morgan fingerprint density at radius 2 is 2.00 bits per heavy atom. The van der Waals surface area contributed by atoms with Crippen LogP contribution in [0, 0.1) is 0 Å². The topological polar surface area (TPSA) is 105 Å². The van der Waals surface area contributed by atoms with Crippen LogP contribution in [0.2, 0.25) is 0 Å². The number of nitrogens with one attached hydrogen (secondary N) is 1. The van der Waals surface area contributed by atoms with E-state index in [1.54, 1.807) is 22.0 Å². The summed E-state index contributed by atoms with van der Waals surface area (Å²) in [5.74, 6) is 1.24. The van der Waals surface area contributed by atoms with Crippen molar-refractivity contribution in [3.05, 3.63) is 24.8 Å². The largest absolute Gasteiger partial charge is 0.393 e. The zero-order chi connectivity index (χ0) is 16.2. The molecule has 1 aliphatic rings. The van der Waals surface area contributed by atoms with E-state index in [0.29, 0.717) is 50.0 Å². The Hall–Kier alpha value is -2.84. The lowest BCUT2D eigenvalue weighted by atomic mass is 10.3. The predicted molar refractivity (Wildman–Crippen MR) is 86.4 cm³/mol. The normalized spacial score (nSPS) is 14.8. The molecule has 0 atom stereocenters. The molecule has 3 rings (SSSR count). The van der Waals surface area contributed by atoms with Crippen LogP contribution in [0.15, 0.2) is 24.8 Å². The van der Waals surface area contributed by atoms with Gasteiger partial charge in [0.25, 0.3) is 0 Å². The Morgan fingerprint density at radius 1 is 1.26 bits per heavy atom. The smallest absolute Gasteiger partial charge is 0.317 e. The average molecular weight is 316 g/mol. The van der Waals surface area contributed by atoms with Crippen molar-refractivity contribution in [1.82, 2.24) is 30.0 Å². The van der Waals surface area contributed by atoms with Gasteiger partial charge in [-0.05, 0) is 13.0 Å². The number of nitrogens with two attached hydrogens (primary N) is 1. The number of anilines is 2. The molecule has 1 fully saturated rings. The van der Waals surface area contributed by atoms with Crippen LogP contribution in [0.4, 0.5) is 16.3 Å². The minimum Gasteiger partial charge on any atom is -0.393 e. The second-order valence-corrected chi connectivity index (χ2v) is 5.19. The number of urea groups is 1. The van der Waals surface area contributed by atoms with Crippen molar-refractivity contribution in [2.75, 3.05) is 43.4 Å². The summed E-state index contributed by atoms with van der Waals surface area (Å²) in [6, 6.07) is 1.78. The third-order valence-corrected chi connectivity index (χ3v) is 3.76. The number of aromatic nitrogens is 4. The highest BCUT2D eigenvalue weighted by atomic mass is 16.2. The zero-order valence-electron chi connectivity index (χ0n) is 13.0. The summed E-state index contributed by atoms with van der Waals surface area (Å²) in [5, 5.41) is 6.97. The monoisotopic (exact) mass is 316 g/mol. The molecule has 0 saturated carbocycles. The zero-order valence-corrected chi connectivity index (χ0v) is 13.0.